The largest absolute Gasteiger partial charge is 0.292 e. The van der Waals surface area contributed by atoms with Crippen molar-refractivity contribution < 1.29 is 0 Å². The van der Waals surface area contributed by atoms with Crippen molar-refractivity contribution in [3.05, 3.63) is 279 Å². The van der Waals surface area contributed by atoms with E-state index < -0.39 is 0 Å². The van der Waals surface area contributed by atoms with E-state index in [1.54, 1.807) is 0 Å². The Morgan fingerprint density at radius 1 is 0.247 bits per heavy atom. The van der Waals surface area contributed by atoms with E-state index in [1.807, 2.05) is 6.07 Å². The molecule has 3 heterocycles. The molecular formula is C73H46N4. The van der Waals surface area contributed by atoms with Crippen molar-refractivity contribution in [1.29, 1.82) is 0 Å². The van der Waals surface area contributed by atoms with E-state index in [4.69, 9.17) is 15.0 Å². The Morgan fingerprint density at radius 2 is 0.662 bits per heavy atom. The molecule has 0 radical (unpaired) electrons. The second-order valence-corrected chi connectivity index (χ2v) is 19.8. The minimum absolute atomic E-state index is 0.864. The summed E-state index contributed by atoms with van der Waals surface area (Å²) < 4.78 is 2.35. The van der Waals surface area contributed by atoms with Crippen molar-refractivity contribution >= 4 is 65.2 Å². The summed E-state index contributed by atoms with van der Waals surface area (Å²) in [6, 6.07) is 100.0. The first-order valence-corrected chi connectivity index (χ1v) is 26.3. The van der Waals surface area contributed by atoms with Crippen molar-refractivity contribution in [3.8, 4) is 84.1 Å². The lowest BCUT2D eigenvalue weighted by molar-refractivity contribution is 1.11. The summed E-state index contributed by atoms with van der Waals surface area (Å²) in [6.07, 6.45) is 0. The van der Waals surface area contributed by atoms with Crippen LogP contribution in [-0.4, -0.2) is 19.5 Å². The maximum atomic E-state index is 5.57. The van der Waals surface area contributed by atoms with Gasteiger partial charge in [-0.3, -0.25) is 4.57 Å². The molecule has 0 amide bonds. The number of aromatic nitrogens is 4. The summed E-state index contributed by atoms with van der Waals surface area (Å²) >= 11 is 0. The van der Waals surface area contributed by atoms with Crippen LogP contribution in [0.15, 0.2) is 279 Å². The van der Waals surface area contributed by atoms with Gasteiger partial charge >= 0.3 is 0 Å². The van der Waals surface area contributed by atoms with Crippen molar-refractivity contribution in [2.75, 3.05) is 0 Å². The Labute approximate surface area is 445 Å². The fourth-order valence-corrected chi connectivity index (χ4v) is 11.9. The third-order valence-corrected chi connectivity index (χ3v) is 15.4. The number of nitrogens with zero attached hydrogens (tertiary/aromatic N) is 4. The van der Waals surface area contributed by atoms with Gasteiger partial charge in [0.15, 0.2) is 0 Å². The van der Waals surface area contributed by atoms with Crippen molar-refractivity contribution in [2.45, 2.75) is 0 Å². The lowest BCUT2D eigenvalue weighted by Crippen LogP contribution is -2.00. The van der Waals surface area contributed by atoms with Gasteiger partial charge < -0.3 is 0 Å². The fourth-order valence-electron chi connectivity index (χ4n) is 11.9. The van der Waals surface area contributed by atoms with E-state index in [1.165, 1.54) is 49.2 Å². The Balaban J connectivity index is 0.900. The molecular weight excluding hydrogens is 933 g/mol. The molecule has 12 aromatic carbocycles. The molecule has 0 aliphatic carbocycles. The molecule has 4 nitrogen and oxygen atoms in total. The van der Waals surface area contributed by atoms with Gasteiger partial charge in [-0.05, 0) is 102 Å². The van der Waals surface area contributed by atoms with Gasteiger partial charge in [-0.15, -0.1) is 0 Å². The summed E-state index contributed by atoms with van der Waals surface area (Å²) in [6.45, 7) is 0. The van der Waals surface area contributed by atoms with E-state index >= 15 is 0 Å². The zero-order valence-corrected chi connectivity index (χ0v) is 41.8. The van der Waals surface area contributed by atoms with E-state index in [2.05, 4.69) is 278 Å². The van der Waals surface area contributed by atoms with Gasteiger partial charge in [-0.25, -0.2) is 15.0 Å². The normalized spacial score (nSPS) is 11.6. The van der Waals surface area contributed by atoms with Gasteiger partial charge in [0.2, 0.25) is 0 Å². The Hall–Kier alpha value is -10.3. The standard InChI is InChI=1S/C73H46N4/c1-5-21-47(22-6-1)62-45-65(49-25-9-3-10-26-49)74-71-60(62)41-42-61-63(48-23-7-2-8-24-48)46-66(75-72(61)71)50-37-39-52(40-38-50)73-76-64-35-19-20-36-68(64)77(73)67-44-43-59(53-29-13-14-30-54(53)67)70-57-33-17-15-31-55(57)69(51-27-11-4-12-28-51)56-32-16-18-34-58(56)70/h1-46H. The summed E-state index contributed by atoms with van der Waals surface area (Å²) in [4.78, 5) is 16.4. The van der Waals surface area contributed by atoms with E-state index in [0.717, 1.165) is 100 Å². The molecule has 0 atom stereocenters. The quantitative estimate of drug-likeness (QED) is 0.113. The fraction of sp³-hybridized carbons (Fsp3) is 0. The molecule has 0 N–H and O–H groups in total. The maximum Gasteiger partial charge on any atom is 0.145 e. The topological polar surface area (TPSA) is 43.6 Å². The van der Waals surface area contributed by atoms with Gasteiger partial charge in [0, 0.05) is 32.8 Å². The molecule has 0 saturated carbocycles. The monoisotopic (exact) mass is 978 g/mol. The van der Waals surface area contributed by atoms with Gasteiger partial charge in [0.25, 0.3) is 0 Å². The first kappa shape index (κ1) is 44.2. The summed E-state index contributed by atoms with van der Waals surface area (Å²) in [5.41, 5.74) is 19.0. The third-order valence-electron chi connectivity index (χ3n) is 15.4. The zero-order valence-electron chi connectivity index (χ0n) is 41.8. The second-order valence-electron chi connectivity index (χ2n) is 19.8. The molecule has 4 heteroatoms. The van der Waals surface area contributed by atoms with Crippen LogP contribution in [0.25, 0.3) is 149 Å². The molecule has 0 aliphatic heterocycles. The second kappa shape index (κ2) is 18.3. The van der Waals surface area contributed by atoms with Crippen LogP contribution in [0.5, 0.6) is 0 Å². The van der Waals surface area contributed by atoms with Crippen LogP contribution in [0.3, 0.4) is 0 Å². The smallest absolute Gasteiger partial charge is 0.145 e. The van der Waals surface area contributed by atoms with Crippen LogP contribution in [0.1, 0.15) is 0 Å². The highest BCUT2D eigenvalue weighted by atomic mass is 15.1. The lowest BCUT2D eigenvalue weighted by Gasteiger charge is -2.20. The molecule has 0 fully saturated rings. The van der Waals surface area contributed by atoms with Crippen LogP contribution in [0, 0.1) is 0 Å². The molecule has 358 valence electrons. The highest BCUT2D eigenvalue weighted by Crippen LogP contribution is 2.47. The van der Waals surface area contributed by atoms with Gasteiger partial charge in [0.05, 0.1) is 39.1 Å². The molecule has 77 heavy (non-hydrogen) atoms. The van der Waals surface area contributed by atoms with Gasteiger partial charge in [-0.1, -0.05) is 249 Å². The van der Waals surface area contributed by atoms with E-state index in [0.29, 0.717) is 0 Å². The number of para-hydroxylation sites is 2. The molecule has 15 rings (SSSR count). The lowest BCUT2D eigenvalue weighted by atomic mass is 9.84. The Morgan fingerprint density at radius 3 is 1.21 bits per heavy atom. The van der Waals surface area contributed by atoms with Crippen LogP contribution in [0.2, 0.25) is 0 Å². The number of benzene rings is 12. The average molecular weight is 979 g/mol. The van der Waals surface area contributed by atoms with Crippen LogP contribution < -0.4 is 0 Å². The Bertz CT molecular complexity index is 4700. The number of hydrogen-bond acceptors (Lipinski definition) is 3. The van der Waals surface area contributed by atoms with Crippen LogP contribution >= 0.6 is 0 Å². The highest BCUT2D eigenvalue weighted by Gasteiger charge is 2.23. The van der Waals surface area contributed by atoms with E-state index in [9.17, 15) is 0 Å². The summed E-state index contributed by atoms with van der Waals surface area (Å²) in [5, 5.41) is 9.37. The predicted molar refractivity (Wildman–Crippen MR) is 322 cm³/mol. The molecule has 0 bridgehead atoms. The number of imidazole rings is 1. The summed E-state index contributed by atoms with van der Waals surface area (Å²) in [7, 11) is 0. The van der Waals surface area contributed by atoms with Crippen molar-refractivity contribution in [1.82, 2.24) is 19.5 Å². The third kappa shape index (κ3) is 7.41. The van der Waals surface area contributed by atoms with Crippen molar-refractivity contribution in [2.24, 2.45) is 0 Å². The molecule has 15 aromatic rings. The number of pyridine rings is 2. The molecule has 0 aliphatic rings. The van der Waals surface area contributed by atoms with Crippen molar-refractivity contribution in [3.63, 3.8) is 0 Å². The zero-order chi connectivity index (χ0) is 50.8. The summed E-state index contributed by atoms with van der Waals surface area (Å²) in [5.74, 6) is 0.868. The van der Waals surface area contributed by atoms with Crippen LogP contribution in [0.4, 0.5) is 0 Å². The first-order valence-electron chi connectivity index (χ1n) is 26.3. The Kier molecular flexibility index (Phi) is 10.5. The minimum atomic E-state index is 0.864. The average Bonchev–Trinajstić information content (AvgIpc) is 3.99. The number of fused-ring (bicyclic) bond motifs is 7. The first-order chi connectivity index (χ1) is 38.2. The van der Waals surface area contributed by atoms with Gasteiger partial charge in [0.1, 0.15) is 5.82 Å². The predicted octanol–water partition coefficient (Wildman–Crippen LogP) is 19.3. The SMILES string of the molecule is c1ccc(-c2cc(-c3ccccc3)c3ccc4c(-c5ccccc5)cc(-c5ccc(-c6nc7ccccc7n6-c6ccc(-c7c8ccccc8c(-c8ccccc8)c8ccccc78)c7ccccc67)cc5)nc4c3n2)cc1. The number of hydrogen-bond donors (Lipinski definition) is 0. The molecule has 0 saturated heterocycles. The minimum Gasteiger partial charge on any atom is -0.292 e. The number of rotatable bonds is 8. The van der Waals surface area contributed by atoms with E-state index in [-0.39, 0.29) is 0 Å². The molecule has 3 aromatic heterocycles. The van der Waals surface area contributed by atoms with Crippen LogP contribution in [-0.2, 0) is 0 Å². The highest BCUT2D eigenvalue weighted by molar-refractivity contribution is 6.24. The molecule has 0 spiro atoms. The molecule has 0 unspecified atom stereocenters. The van der Waals surface area contributed by atoms with Gasteiger partial charge in [-0.2, -0.15) is 0 Å². The maximum absolute atomic E-state index is 5.57.